The van der Waals surface area contributed by atoms with Gasteiger partial charge in [0.1, 0.15) is 4.90 Å². The van der Waals surface area contributed by atoms with E-state index in [1.165, 1.54) is 76.7 Å². The number of para-hydroxylation sites is 4. The summed E-state index contributed by atoms with van der Waals surface area (Å²) in [6, 6.07) is 51.0. The number of carbonyl (C=O) groups is 3. The van der Waals surface area contributed by atoms with E-state index in [0.29, 0.717) is 67.5 Å². The number of hydrogen-bond acceptors (Lipinski definition) is 10. The largest absolute Gasteiger partial charge is 0.478 e. The number of nitrogens with zero attached hydrogens (tertiary/aromatic N) is 1. The molecule has 1 heterocycles. The second-order valence-corrected chi connectivity index (χ2v) is 28.9. The number of aromatic carboxylic acids is 3. The molecule has 92 heavy (non-hydrogen) atoms. The Balaban J connectivity index is 0.000000224. The number of fused-ring (bicyclic) bond motifs is 1. The summed E-state index contributed by atoms with van der Waals surface area (Å²) >= 11 is 0. The minimum atomic E-state index is -3.85. The minimum absolute atomic E-state index is 0.120. The fourth-order valence-corrected chi connectivity index (χ4v) is 13.6. The Bertz CT molecular complexity index is 4020. The van der Waals surface area contributed by atoms with E-state index in [0.717, 1.165) is 51.6 Å². The highest BCUT2D eigenvalue weighted by Gasteiger charge is 2.21. The van der Waals surface area contributed by atoms with Crippen molar-refractivity contribution in [3.8, 4) is 0 Å². The van der Waals surface area contributed by atoms with Crippen LogP contribution in [0.4, 0.5) is 17.1 Å². The van der Waals surface area contributed by atoms with Crippen molar-refractivity contribution in [3.63, 3.8) is 0 Å². The molecular formula is C73H88N4O12S3. The first kappa shape index (κ1) is 72.7. The topological polar surface area (TPSA) is 263 Å². The van der Waals surface area contributed by atoms with Crippen LogP contribution in [0.3, 0.4) is 0 Å². The Morgan fingerprint density at radius 3 is 1.20 bits per heavy atom. The molecule has 0 unspecified atom stereocenters. The summed E-state index contributed by atoms with van der Waals surface area (Å²) in [7, 11) is -10.7. The van der Waals surface area contributed by atoms with Crippen LogP contribution < -0.4 is 14.2 Å². The van der Waals surface area contributed by atoms with Gasteiger partial charge in [-0.15, -0.1) is 0 Å². The van der Waals surface area contributed by atoms with E-state index in [4.69, 9.17) is 10.2 Å². The molecule has 0 saturated carbocycles. The van der Waals surface area contributed by atoms with Gasteiger partial charge in [-0.1, -0.05) is 200 Å². The third-order valence-electron chi connectivity index (χ3n) is 15.7. The molecule has 16 nitrogen and oxygen atoms in total. The zero-order chi connectivity index (χ0) is 66.4. The lowest BCUT2D eigenvalue weighted by Gasteiger charge is -2.14. The Morgan fingerprint density at radius 1 is 0.413 bits per heavy atom. The molecule has 0 atom stereocenters. The van der Waals surface area contributed by atoms with Crippen LogP contribution in [0.5, 0.6) is 0 Å². The van der Waals surface area contributed by atoms with E-state index in [-0.39, 0.29) is 27.3 Å². The second kappa shape index (κ2) is 37.2. The maximum absolute atomic E-state index is 13.1. The van der Waals surface area contributed by atoms with E-state index < -0.39 is 53.2 Å². The van der Waals surface area contributed by atoms with Crippen LogP contribution >= 0.6 is 0 Å². The Hall–Kier alpha value is -8.39. The zero-order valence-corrected chi connectivity index (χ0v) is 55.4. The zero-order valence-electron chi connectivity index (χ0n) is 52.9. The van der Waals surface area contributed by atoms with Crippen LogP contribution in [0, 0.1) is 0 Å². The molecule has 0 fully saturated rings. The molecule has 0 aliphatic heterocycles. The fourth-order valence-electron chi connectivity index (χ4n) is 10.4. The molecule has 490 valence electrons. The van der Waals surface area contributed by atoms with Crippen LogP contribution in [0.25, 0.3) is 10.9 Å². The van der Waals surface area contributed by atoms with E-state index in [1.54, 1.807) is 117 Å². The number of pyridine rings is 1. The van der Waals surface area contributed by atoms with E-state index in [9.17, 15) is 44.7 Å². The van der Waals surface area contributed by atoms with Crippen molar-refractivity contribution in [1.82, 2.24) is 4.98 Å². The summed E-state index contributed by atoms with van der Waals surface area (Å²) < 4.78 is 83.9. The lowest BCUT2D eigenvalue weighted by Crippen LogP contribution is -2.23. The summed E-state index contributed by atoms with van der Waals surface area (Å²) in [6.07, 6.45) is 22.6. The van der Waals surface area contributed by atoms with Crippen molar-refractivity contribution >= 4 is 75.9 Å². The van der Waals surface area contributed by atoms with E-state index in [1.807, 2.05) is 72.8 Å². The first-order valence-corrected chi connectivity index (χ1v) is 36.4. The summed E-state index contributed by atoms with van der Waals surface area (Å²) in [5, 5.41) is 27.6. The average molecular weight is 1310 g/mol. The number of rotatable bonds is 35. The lowest BCUT2D eigenvalue weighted by molar-refractivity contribution is 0.0686. The van der Waals surface area contributed by atoms with Crippen LogP contribution in [-0.2, 0) is 68.6 Å². The van der Waals surface area contributed by atoms with Gasteiger partial charge in [0.2, 0.25) is 20.0 Å². The number of unbranched alkanes of at least 4 members (excludes halogenated alkanes) is 13. The molecule has 0 saturated heterocycles. The van der Waals surface area contributed by atoms with Crippen molar-refractivity contribution < 1.29 is 55.0 Å². The quantitative estimate of drug-likeness (QED) is 0.0202. The minimum Gasteiger partial charge on any atom is -0.478 e. The number of nitrogens with one attached hydrogen (secondary N) is 3. The SMILES string of the molecule is CC(C)S(=O)(=O)Nc1ccccc1CCc1cccc(C(=O)O)c1.CCCCCCCCCCCCCCCCS(=O)(=O)Nc1ccccc1CCc1cccc(C(=O)O)c1.O=C(O)c1cccc(CCc2ccccc2NS(=O)(=O)c2cccc3cccnc23)c1. The van der Waals surface area contributed by atoms with Crippen molar-refractivity contribution in [1.29, 1.82) is 0 Å². The Morgan fingerprint density at radius 2 is 0.783 bits per heavy atom. The predicted octanol–water partition coefficient (Wildman–Crippen LogP) is 16.2. The van der Waals surface area contributed by atoms with Crippen LogP contribution in [0.15, 0.2) is 187 Å². The molecule has 0 spiro atoms. The maximum atomic E-state index is 13.1. The molecule has 0 amide bonds. The summed E-state index contributed by atoms with van der Waals surface area (Å²) in [6.45, 7) is 5.51. The smallest absolute Gasteiger partial charge is 0.335 e. The van der Waals surface area contributed by atoms with Crippen LogP contribution in [0.1, 0.15) is 175 Å². The Kier molecular flexibility index (Phi) is 29.4. The number of sulfonamides is 3. The molecule has 19 heteroatoms. The van der Waals surface area contributed by atoms with Crippen LogP contribution in [-0.4, -0.2) is 74.5 Å². The number of benzene rings is 7. The van der Waals surface area contributed by atoms with Gasteiger partial charge in [-0.3, -0.25) is 19.2 Å². The normalized spacial score (nSPS) is 11.4. The molecule has 0 bridgehead atoms. The van der Waals surface area contributed by atoms with Gasteiger partial charge in [0, 0.05) is 11.6 Å². The summed E-state index contributed by atoms with van der Waals surface area (Å²) in [5.74, 6) is -2.74. The highest BCUT2D eigenvalue weighted by Crippen LogP contribution is 2.27. The second-order valence-electron chi connectivity index (χ2n) is 23.1. The number of aromatic nitrogens is 1. The van der Waals surface area contributed by atoms with Gasteiger partial charge in [-0.25, -0.2) is 39.6 Å². The summed E-state index contributed by atoms with van der Waals surface area (Å²) in [5.41, 5.74) is 8.13. The number of carboxylic acids is 3. The lowest BCUT2D eigenvalue weighted by atomic mass is 10.0. The Labute approximate surface area is 544 Å². The van der Waals surface area contributed by atoms with Crippen molar-refractivity contribution in [3.05, 3.63) is 232 Å². The number of hydrogen-bond donors (Lipinski definition) is 6. The van der Waals surface area contributed by atoms with Gasteiger partial charge in [0.25, 0.3) is 10.0 Å². The first-order valence-electron chi connectivity index (χ1n) is 31.7. The van der Waals surface area contributed by atoms with Crippen molar-refractivity contribution in [2.45, 2.75) is 159 Å². The van der Waals surface area contributed by atoms with Gasteiger partial charge in [-0.2, -0.15) is 0 Å². The summed E-state index contributed by atoms with van der Waals surface area (Å²) in [4.78, 5) is 37.8. The molecular weight excluding hydrogens is 1220 g/mol. The third-order valence-corrected chi connectivity index (χ3v) is 20.2. The van der Waals surface area contributed by atoms with E-state index in [2.05, 4.69) is 26.1 Å². The number of anilines is 3. The number of aryl methyl sites for hydroxylation is 6. The van der Waals surface area contributed by atoms with Crippen molar-refractivity contribution in [2.24, 2.45) is 0 Å². The standard InChI is InChI=1S/C31H47NO4S.C24H20N2O4S.C18H21NO4S/c1-2-3-4-5-6-7-8-9-10-11-12-13-14-17-25-37(35,36)32-30-22-16-15-20-28(30)24-23-27-19-18-21-29(26-27)31(33)34;27-24(28)20-9-3-6-17(16-20)13-14-18-7-1-2-11-21(18)26-31(29,30)22-12-4-8-19-10-5-15-25-23(19)22;1-13(2)24(22,23)19-17-9-4-3-7-15(17)11-10-14-6-5-8-16(12-14)18(20)21/h15-16,18-22,26,32H,2-14,17,23-25H2,1H3,(H,33,34);1-12,15-16,26H,13-14H2,(H,27,28);3-9,12-13,19H,10-11H2,1-2H3,(H,20,21). The maximum Gasteiger partial charge on any atom is 0.335 e. The molecule has 0 aliphatic rings. The molecule has 8 aromatic rings. The average Bonchev–Trinajstić information content (AvgIpc) is 0.824. The van der Waals surface area contributed by atoms with Crippen LogP contribution in [0.2, 0.25) is 0 Å². The predicted molar refractivity (Wildman–Crippen MR) is 370 cm³/mol. The number of carboxylic acid groups (broad SMARTS) is 3. The molecule has 1 aromatic heterocycles. The first-order chi connectivity index (χ1) is 44.1. The fraction of sp³-hybridized carbons (Fsp3) is 0.342. The molecule has 0 aliphatic carbocycles. The molecule has 8 rings (SSSR count). The highest BCUT2D eigenvalue weighted by molar-refractivity contribution is 7.93. The van der Waals surface area contributed by atoms with Gasteiger partial charge in [-0.05, 0) is 159 Å². The molecule has 6 N–H and O–H groups in total. The van der Waals surface area contributed by atoms with Gasteiger partial charge in [0.15, 0.2) is 0 Å². The highest BCUT2D eigenvalue weighted by atomic mass is 32.2. The van der Waals surface area contributed by atoms with Gasteiger partial charge >= 0.3 is 17.9 Å². The third kappa shape index (κ3) is 24.7. The van der Waals surface area contributed by atoms with E-state index >= 15 is 0 Å². The molecule has 0 radical (unpaired) electrons. The van der Waals surface area contributed by atoms with Gasteiger partial charge < -0.3 is 15.3 Å². The monoisotopic (exact) mass is 1310 g/mol. The van der Waals surface area contributed by atoms with Gasteiger partial charge in [0.05, 0.1) is 50.3 Å². The van der Waals surface area contributed by atoms with Crippen molar-refractivity contribution in [2.75, 3.05) is 19.9 Å². The molecule has 7 aromatic carbocycles.